The van der Waals surface area contributed by atoms with Gasteiger partial charge >= 0.3 is 0 Å². The number of nitrogens with two attached hydrogens (primary N) is 1. The fraction of sp³-hybridized carbons (Fsp3) is 0.267. The van der Waals surface area contributed by atoms with Crippen molar-refractivity contribution in [3.05, 3.63) is 42.0 Å². The predicted molar refractivity (Wildman–Crippen MR) is 80.6 cm³/mol. The maximum Gasteiger partial charge on any atom is 0.252 e. The molecule has 1 rings (SSSR count). The van der Waals surface area contributed by atoms with Crippen LogP contribution in [0.3, 0.4) is 0 Å². The molecule has 0 fully saturated rings. The normalized spacial score (nSPS) is 11.3. The maximum atomic E-state index is 12.1. The molecule has 0 aliphatic carbocycles. The summed E-state index contributed by atoms with van der Waals surface area (Å²) >= 11 is 0. The summed E-state index contributed by atoms with van der Waals surface area (Å²) < 4.78 is 0. The second-order valence-corrected chi connectivity index (χ2v) is 4.85. The van der Waals surface area contributed by atoms with Crippen molar-refractivity contribution < 1.29 is 14.4 Å². The highest BCUT2D eigenvalue weighted by Crippen LogP contribution is 2.11. The topological polar surface area (TPSA) is 101 Å². The Kier molecular flexibility index (Phi) is 5.66. The van der Waals surface area contributed by atoms with Gasteiger partial charge in [0.05, 0.1) is 0 Å². The Balaban J connectivity index is 2.84. The van der Waals surface area contributed by atoms with Crippen molar-refractivity contribution in [1.82, 2.24) is 5.32 Å². The van der Waals surface area contributed by atoms with Gasteiger partial charge in [0.2, 0.25) is 11.8 Å². The minimum atomic E-state index is -0.806. The molecular weight excluding hydrogens is 270 g/mol. The van der Waals surface area contributed by atoms with E-state index in [2.05, 4.69) is 17.2 Å². The van der Waals surface area contributed by atoms with E-state index in [4.69, 9.17) is 5.73 Å². The van der Waals surface area contributed by atoms with Gasteiger partial charge < -0.3 is 16.4 Å². The zero-order chi connectivity index (χ0) is 16.0. The monoisotopic (exact) mass is 289 g/mol. The van der Waals surface area contributed by atoms with E-state index in [-0.39, 0.29) is 12.3 Å². The number of primary amides is 1. The lowest BCUT2D eigenvalue weighted by Crippen LogP contribution is -2.44. The van der Waals surface area contributed by atoms with Crippen LogP contribution in [0.25, 0.3) is 0 Å². The van der Waals surface area contributed by atoms with Crippen molar-refractivity contribution in [2.45, 2.75) is 26.3 Å². The smallest absolute Gasteiger partial charge is 0.252 e. The van der Waals surface area contributed by atoms with Gasteiger partial charge in [0.25, 0.3) is 5.91 Å². The van der Waals surface area contributed by atoms with Gasteiger partial charge in [-0.25, -0.2) is 0 Å². The largest absolute Gasteiger partial charge is 0.368 e. The third-order valence-corrected chi connectivity index (χ3v) is 2.65. The number of nitrogens with one attached hydrogen (secondary N) is 2. The molecule has 3 amide bonds. The van der Waals surface area contributed by atoms with Gasteiger partial charge in [0, 0.05) is 18.2 Å². The van der Waals surface area contributed by atoms with Gasteiger partial charge in [-0.2, -0.15) is 0 Å². The van der Waals surface area contributed by atoms with Crippen LogP contribution < -0.4 is 16.4 Å². The molecule has 0 aromatic heterocycles. The van der Waals surface area contributed by atoms with Crippen LogP contribution >= 0.6 is 0 Å². The van der Waals surface area contributed by atoms with E-state index in [0.717, 1.165) is 5.57 Å². The van der Waals surface area contributed by atoms with Crippen molar-refractivity contribution in [2.24, 2.45) is 5.73 Å². The fourth-order valence-corrected chi connectivity index (χ4v) is 1.75. The molecule has 0 aliphatic rings. The summed E-state index contributed by atoms with van der Waals surface area (Å²) in [6.07, 6.45) is 0.284. The van der Waals surface area contributed by atoms with Gasteiger partial charge in [0.15, 0.2) is 0 Å². The van der Waals surface area contributed by atoms with Gasteiger partial charge in [-0.15, -0.1) is 6.58 Å². The van der Waals surface area contributed by atoms with Gasteiger partial charge in [0.1, 0.15) is 6.04 Å². The molecule has 0 heterocycles. The minimum Gasteiger partial charge on any atom is -0.368 e. The van der Waals surface area contributed by atoms with Crippen LogP contribution in [-0.2, 0) is 9.59 Å². The van der Waals surface area contributed by atoms with Gasteiger partial charge in [-0.1, -0.05) is 11.6 Å². The van der Waals surface area contributed by atoms with E-state index in [0.29, 0.717) is 11.3 Å². The lowest BCUT2D eigenvalue weighted by molar-refractivity contribution is -0.119. The van der Waals surface area contributed by atoms with Crippen LogP contribution in [0.1, 0.15) is 30.6 Å². The Labute approximate surface area is 123 Å². The highest BCUT2D eigenvalue weighted by molar-refractivity contribution is 5.99. The molecule has 1 aromatic rings. The number of hydrogen-bond donors (Lipinski definition) is 3. The van der Waals surface area contributed by atoms with Crippen LogP contribution in [-0.4, -0.2) is 23.8 Å². The van der Waals surface area contributed by atoms with E-state index >= 15 is 0 Å². The number of hydrogen-bond acceptors (Lipinski definition) is 3. The standard InChI is InChI=1S/C15H19N3O3/c1-9(2)7-13(14(16)20)18-15(21)11-5-4-6-12(8-11)17-10(3)19/h4-6,8,13H,1,7H2,2-3H3,(H2,16,20)(H,17,19)(H,18,21)/t13-/m0/s1. The summed E-state index contributed by atoms with van der Waals surface area (Å²) in [7, 11) is 0. The second-order valence-electron chi connectivity index (χ2n) is 4.85. The molecule has 0 spiro atoms. The van der Waals surface area contributed by atoms with Gasteiger partial charge in [-0.05, 0) is 31.5 Å². The molecule has 0 saturated carbocycles. The molecule has 0 aliphatic heterocycles. The molecule has 1 aromatic carbocycles. The molecule has 21 heavy (non-hydrogen) atoms. The summed E-state index contributed by atoms with van der Waals surface area (Å²) in [6, 6.07) is 5.60. The predicted octanol–water partition coefficient (Wildman–Crippen LogP) is 1.19. The summed E-state index contributed by atoms with van der Waals surface area (Å²) in [5.74, 6) is -1.29. The van der Waals surface area contributed by atoms with Crippen molar-refractivity contribution in [1.29, 1.82) is 0 Å². The molecule has 4 N–H and O–H groups in total. The molecule has 0 bridgehead atoms. The van der Waals surface area contributed by atoms with E-state index in [9.17, 15) is 14.4 Å². The number of carbonyl (C=O) groups excluding carboxylic acids is 3. The third-order valence-electron chi connectivity index (χ3n) is 2.65. The fourth-order valence-electron chi connectivity index (χ4n) is 1.75. The highest BCUT2D eigenvalue weighted by atomic mass is 16.2. The molecule has 0 saturated heterocycles. The van der Waals surface area contributed by atoms with Gasteiger partial charge in [-0.3, -0.25) is 14.4 Å². The third kappa shape index (κ3) is 5.48. The number of anilines is 1. The zero-order valence-electron chi connectivity index (χ0n) is 12.1. The average Bonchev–Trinajstić information content (AvgIpc) is 2.36. The molecule has 6 nitrogen and oxygen atoms in total. The van der Waals surface area contributed by atoms with E-state index < -0.39 is 17.9 Å². The number of benzene rings is 1. The van der Waals surface area contributed by atoms with Crippen molar-refractivity contribution >= 4 is 23.4 Å². The maximum absolute atomic E-state index is 12.1. The summed E-state index contributed by atoms with van der Waals surface area (Å²) in [5.41, 5.74) is 6.83. The molecule has 0 radical (unpaired) electrons. The van der Waals surface area contributed by atoms with E-state index in [1.807, 2.05) is 0 Å². The number of amides is 3. The average molecular weight is 289 g/mol. The molecule has 112 valence electrons. The van der Waals surface area contributed by atoms with Crippen LogP contribution in [0.5, 0.6) is 0 Å². The Bertz CT molecular complexity index is 581. The Morgan fingerprint density at radius 1 is 1.29 bits per heavy atom. The van der Waals surface area contributed by atoms with Crippen molar-refractivity contribution in [3.8, 4) is 0 Å². The van der Waals surface area contributed by atoms with E-state index in [1.165, 1.54) is 13.0 Å². The quantitative estimate of drug-likeness (QED) is 0.686. The SMILES string of the molecule is C=C(C)C[C@H](NC(=O)c1cccc(NC(C)=O)c1)C(N)=O. The van der Waals surface area contributed by atoms with Crippen LogP contribution in [0, 0.1) is 0 Å². The molecule has 6 heteroatoms. The number of carbonyl (C=O) groups is 3. The Morgan fingerprint density at radius 3 is 2.48 bits per heavy atom. The van der Waals surface area contributed by atoms with Crippen LogP contribution in [0.15, 0.2) is 36.4 Å². The highest BCUT2D eigenvalue weighted by Gasteiger charge is 2.19. The lowest BCUT2D eigenvalue weighted by atomic mass is 10.1. The minimum absolute atomic E-state index is 0.232. The molecule has 1 atom stereocenters. The Morgan fingerprint density at radius 2 is 1.95 bits per heavy atom. The lowest BCUT2D eigenvalue weighted by Gasteiger charge is -2.15. The second kappa shape index (κ2) is 7.23. The van der Waals surface area contributed by atoms with E-state index in [1.54, 1.807) is 25.1 Å². The first-order chi connectivity index (χ1) is 9.79. The van der Waals surface area contributed by atoms with Crippen LogP contribution in [0.2, 0.25) is 0 Å². The first kappa shape index (κ1) is 16.4. The first-order valence-corrected chi connectivity index (χ1v) is 6.42. The number of rotatable bonds is 6. The van der Waals surface area contributed by atoms with Crippen molar-refractivity contribution in [3.63, 3.8) is 0 Å². The summed E-state index contributed by atoms with van der Waals surface area (Å²) in [6.45, 7) is 6.82. The molecular formula is C15H19N3O3. The Hall–Kier alpha value is -2.63. The summed E-state index contributed by atoms with van der Waals surface area (Å²) in [5, 5.41) is 5.14. The first-order valence-electron chi connectivity index (χ1n) is 6.42. The zero-order valence-corrected chi connectivity index (χ0v) is 12.1. The van der Waals surface area contributed by atoms with Crippen LogP contribution in [0.4, 0.5) is 5.69 Å². The summed E-state index contributed by atoms with van der Waals surface area (Å²) in [4.78, 5) is 34.4. The molecule has 0 unspecified atom stereocenters. The van der Waals surface area contributed by atoms with Crippen molar-refractivity contribution in [2.75, 3.05) is 5.32 Å².